The number of ether oxygens (including phenoxy) is 2. The van der Waals surface area contributed by atoms with Gasteiger partial charge in [0.1, 0.15) is 23.2 Å². The van der Waals surface area contributed by atoms with Gasteiger partial charge in [-0.05, 0) is 65.7 Å². The minimum absolute atomic E-state index is 0.145. The van der Waals surface area contributed by atoms with Crippen molar-refractivity contribution < 1.29 is 37.1 Å². The Morgan fingerprint density at radius 3 is 2.52 bits per heavy atom. The van der Waals surface area contributed by atoms with Crippen molar-refractivity contribution >= 4 is 33.8 Å². The normalized spacial score (nSPS) is 33.3. The number of nitrogens with one attached hydrogen (secondary N) is 3. The zero-order valence-electron chi connectivity index (χ0n) is 25.3. The highest BCUT2D eigenvalue weighted by atomic mass is 32.2. The molecule has 1 saturated heterocycles. The zero-order chi connectivity index (χ0) is 30.9. The Morgan fingerprint density at radius 1 is 1.17 bits per heavy atom. The number of rotatable bonds is 6. The number of carbonyl (C=O) groups excluding carboxylic acids is 4. The van der Waals surface area contributed by atoms with E-state index in [-0.39, 0.29) is 31.2 Å². The quantitative estimate of drug-likeness (QED) is 0.386. The second kappa shape index (κ2) is 12.5. The van der Waals surface area contributed by atoms with Gasteiger partial charge in [-0.2, -0.15) is 0 Å². The molecule has 12 nitrogen and oxygen atoms in total. The summed E-state index contributed by atoms with van der Waals surface area (Å²) in [6.07, 6.45) is 6.73. The van der Waals surface area contributed by atoms with E-state index in [2.05, 4.69) is 22.3 Å². The van der Waals surface area contributed by atoms with Crippen LogP contribution in [0.3, 0.4) is 0 Å². The van der Waals surface area contributed by atoms with Crippen LogP contribution in [-0.4, -0.2) is 84.9 Å². The van der Waals surface area contributed by atoms with E-state index in [9.17, 15) is 27.6 Å². The molecule has 2 heterocycles. The zero-order valence-corrected chi connectivity index (χ0v) is 26.1. The molecule has 6 atom stereocenters. The van der Waals surface area contributed by atoms with Crippen molar-refractivity contribution in [3.8, 4) is 0 Å². The third-order valence-electron chi connectivity index (χ3n) is 8.30. The maximum Gasteiger partial charge on any atom is 0.408 e. The Bertz CT molecular complexity index is 1190. The second-order valence-corrected chi connectivity index (χ2v) is 15.1. The number of carbonyl (C=O) groups is 4. The summed E-state index contributed by atoms with van der Waals surface area (Å²) in [5.41, 5.74) is -2.18. The van der Waals surface area contributed by atoms with E-state index in [0.29, 0.717) is 38.7 Å². The lowest BCUT2D eigenvalue weighted by molar-refractivity contribution is -0.141. The lowest BCUT2D eigenvalue weighted by Crippen LogP contribution is -2.58. The van der Waals surface area contributed by atoms with Gasteiger partial charge in [-0.25, -0.2) is 13.2 Å². The highest BCUT2D eigenvalue weighted by Crippen LogP contribution is 2.46. The first-order valence-corrected chi connectivity index (χ1v) is 16.7. The van der Waals surface area contributed by atoms with Crippen LogP contribution in [0.2, 0.25) is 0 Å². The first-order valence-electron chi connectivity index (χ1n) is 15.1. The summed E-state index contributed by atoms with van der Waals surface area (Å²) in [6.45, 7) is 9.65. The maximum absolute atomic E-state index is 14.0. The van der Waals surface area contributed by atoms with Crippen molar-refractivity contribution in [3.05, 3.63) is 12.2 Å². The Labute approximate surface area is 248 Å². The summed E-state index contributed by atoms with van der Waals surface area (Å²) in [7, 11) is -3.83. The summed E-state index contributed by atoms with van der Waals surface area (Å²) in [6, 6.07) is -1.88. The van der Waals surface area contributed by atoms with Gasteiger partial charge in [-0.3, -0.25) is 19.1 Å². The van der Waals surface area contributed by atoms with Crippen LogP contribution in [0.1, 0.15) is 86.0 Å². The van der Waals surface area contributed by atoms with Crippen LogP contribution in [-0.2, 0) is 33.9 Å². The van der Waals surface area contributed by atoms with Crippen LogP contribution in [0.25, 0.3) is 0 Å². The molecule has 2 unspecified atom stereocenters. The molecule has 13 heteroatoms. The highest BCUT2D eigenvalue weighted by Gasteiger charge is 2.62. The topological polar surface area (TPSA) is 160 Å². The molecule has 3 N–H and O–H groups in total. The summed E-state index contributed by atoms with van der Waals surface area (Å²) < 4.78 is 38.6. The molecule has 0 spiro atoms. The first-order chi connectivity index (χ1) is 19.6. The van der Waals surface area contributed by atoms with Crippen LogP contribution in [0.4, 0.5) is 4.79 Å². The van der Waals surface area contributed by atoms with E-state index >= 15 is 0 Å². The van der Waals surface area contributed by atoms with Gasteiger partial charge in [0.15, 0.2) is 0 Å². The molecule has 0 bridgehead atoms. The lowest BCUT2D eigenvalue weighted by Gasteiger charge is -2.30. The lowest BCUT2D eigenvalue weighted by atomic mass is 9.97. The molecule has 3 fully saturated rings. The van der Waals surface area contributed by atoms with E-state index in [1.807, 2.05) is 19.1 Å². The molecule has 2 saturated carbocycles. The molecule has 0 aromatic heterocycles. The van der Waals surface area contributed by atoms with Gasteiger partial charge in [0.2, 0.25) is 21.8 Å². The van der Waals surface area contributed by atoms with Crippen LogP contribution >= 0.6 is 0 Å². The maximum atomic E-state index is 14.0. The number of amides is 4. The monoisotopic (exact) mass is 610 g/mol. The van der Waals surface area contributed by atoms with Gasteiger partial charge in [0, 0.05) is 25.5 Å². The number of nitrogens with zero attached hydrogens (tertiary/aromatic N) is 1. The van der Waals surface area contributed by atoms with E-state index in [4.69, 9.17) is 9.47 Å². The summed E-state index contributed by atoms with van der Waals surface area (Å²) in [4.78, 5) is 55.3. The molecule has 4 amide bonds. The Morgan fingerprint density at radius 2 is 1.88 bits per heavy atom. The number of hydrogen-bond acceptors (Lipinski definition) is 8. The number of fused-ring (bicyclic) bond motifs is 2. The molecule has 0 radical (unpaired) electrons. The molecular formula is C29H46N4O8S. The van der Waals surface area contributed by atoms with Crippen LogP contribution in [0, 0.1) is 11.8 Å². The molecule has 4 rings (SSSR count). The van der Waals surface area contributed by atoms with E-state index in [1.165, 1.54) is 4.90 Å². The fourth-order valence-electron chi connectivity index (χ4n) is 5.78. The Kier molecular flexibility index (Phi) is 9.61. The van der Waals surface area contributed by atoms with Gasteiger partial charge in [0.25, 0.3) is 5.91 Å². The van der Waals surface area contributed by atoms with Gasteiger partial charge >= 0.3 is 6.09 Å². The average molecular weight is 611 g/mol. The SMILES string of the molecule is CCO[C@@H]1C[C@H]2C(=O)N[C@]3(C(=O)NS(=O)(=O)C4CC4)CC3/C=C\CC(C)CCC[C@H](NC(=O)OC(C)(C)C)C(=O)N2C1. The number of allylic oxidation sites excluding steroid dienone is 1. The molecule has 0 aromatic rings. The Hall–Kier alpha value is -2.67. The van der Waals surface area contributed by atoms with Gasteiger partial charge in [0.05, 0.1) is 11.4 Å². The third-order valence-corrected chi connectivity index (χ3v) is 10.1. The predicted octanol–water partition coefficient (Wildman–Crippen LogP) is 2.14. The average Bonchev–Trinajstić information content (AvgIpc) is 3.79. The van der Waals surface area contributed by atoms with Crippen molar-refractivity contribution in [3.63, 3.8) is 0 Å². The molecule has 0 aromatic carbocycles. The minimum atomic E-state index is -3.83. The summed E-state index contributed by atoms with van der Waals surface area (Å²) in [5, 5.41) is 4.98. The van der Waals surface area contributed by atoms with Crippen molar-refractivity contribution in [1.82, 2.24) is 20.3 Å². The molecular weight excluding hydrogens is 564 g/mol. The van der Waals surface area contributed by atoms with Crippen LogP contribution in [0.5, 0.6) is 0 Å². The Balaban J connectivity index is 1.62. The number of alkyl carbamates (subject to hydrolysis) is 1. The molecule has 2 aliphatic carbocycles. The number of hydrogen-bond donors (Lipinski definition) is 3. The van der Waals surface area contributed by atoms with E-state index in [0.717, 1.165) is 6.42 Å². The molecule has 2 aliphatic heterocycles. The molecule has 236 valence electrons. The third kappa shape index (κ3) is 7.83. The van der Waals surface area contributed by atoms with Crippen LogP contribution in [0.15, 0.2) is 12.2 Å². The van der Waals surface area contributed by atoms with Gasteiger partial charge in [-0.1, -0.05) is 31.9 Å². The predicted molar refractivity (Wildman–Crippen MR) is 155 cm³/mol. The van der Waals surface area contributed by atoms with Crippen molar-refractivity contribution in [1.29, 1.82) is 0 Å². The van der Waals surface area contributed by atoms with Crippen molar-refractivity contribution in [2.75, 3.05) is 13.2 Å². The minimum Gasteiger partial charge on any atom is -0.444 e. The molecule has 4 aliphatic rings. The fourth-order valence-corrected chi connectivity index (χ4v) is 7.15. The van der Waals surface area contributed by atoms with Gasteiger partial charge < -0.3 is 25.0 Å². The van der Waals surface area contributed by atoms with E-state index in [1.54, 1.807) is 20.8 Å². The largest absolute Gasteiger partial charge is 0.444 e. The smallest absolute Gasteiger partial charge is 0.408 e. The summed E-state index contributed by atoms with van der Waals surface area (Å²) >= 11 is 0. The molecule has 42 heavy (non-hydrogen) atoms. The van der Waals surface area contributed by atoms with E-state index < -0.39 is 68.4 Å². The van der Waals surface area contributed by atoms with Crippen molar-refractivity contribution in [2.45, 2.75) is 121 Å². The standard InChI is InChI=1S/C29H46N4O8S/c1-6-40-20-15-23-24(34)31-29(26(36)32-42(38,39)21-13-14-21)16-19(29)11-7-9-18(2)10-8-12-22(25(35)33(23)17-20)30-27(37)41-28(3,4)5/h7,11,18-23H,6,8-10,12-17H2,1-5H3,(H,30,37)(H,31,34)(H,32,36)/b11-7-/t18?,19?,20-,22+,23+,29-/m1/s1. The summed E-state index contributed by atoms with van der Waals surface area (Å²) in [5.74, 6) is -1.84. The fraction of sp³-hybridized carbons (Fsp3) is 0.793. The second-order valence-electron chi connectivity index (χ2n) is 13.2. The first kappa shape index (κ1) is 32.2. The van der Waals surface area contributed by atoms with Crippen molar-refractivity contribution in [2.24, 2.45) is 11.8 Å². The van der Waals surface area contributed by atoms with Crippen LogP contribution < -0.4 is 15.4 Å². The number of sulfonamides is 1. The highest BCUT2D eigenvalue weighted by molar-refractivity contribution is 7.91. The van der Waals surface area contributed by atoms with Gasteiger partial charge in [-0.15, -0.1) is 0 Å².